The molecule has 0 aromatic carbocycles. The minimum Gasteiger partial charge on any atom is -0.359 e. The summed E-state index contributed by atoms with van der Waals surface area (Å²) in [7, 11) is 1.80. The molecule has 0 saturated carbocycles. The van der Waals surface area contributed by atoms with Crippen LogP contribution in [0.2, 0.25) is 0 Å². The van der Waals surface area contributed by atoms with Crippen LogP contribution in [0.1, 0.15) is 0 Å². The van der Waals surface area contributed by atoms with Crippen molar-refractivity contribution < 1.29 is 4.79 Å². The van der Waals surface area contributed by atoms with Gasteiger partial charge in [0.2, 0.25) is 0 Å². The molecule has 0 spiro atoms. The molecule has 2 heterocycles. The van der Waals surface area contributed by atoms with Gasteiger partial charge in [-0.15, -0.1) is 0 Å². The number of carbonyl (C=O) groups is 1. The van der Waals surface area contributed by atoms with E-state index in [1.807, 2.05) is 5.41 Å². The number of hydrogen-bond donors (Lipinski definition) is 2. The number of thioether (sulfide) groups is 1. The SMILES string of the molecule is Cn1cc(NC(=O)C2NC(Br)=CS2)cn1. The minimum atomic E-state index is -0.278. The van der Waals surface area contributed by atoms with Gasteiger partial charge < -0.3 is 10.6 Å². The highest BCUT2D eigenvalue weighted by atomic mass is 79.9. The molecule has 0 saturated heterocycles. The van der Waals surface area contributed by atoms with Crippen LogP contribution in [-0.2, 0) is 11.8 Å². The highest BCUT2D eigenvalue weighted by molar-refractivity contribution is 9.11. The van der Waals surface area contributed by atoms with Gasteiger partial charge >= 0.3 is 0 Å². The lowest BCUT2D eigenvalue weighted by Gasteiger charge is -2.09. The summed E-state index contributed by atoms with van der Waals surface area (Å²) >= 11 is 4.69. The van der Waals surface area contributed by atoms with Gasteiger partial charge in [0.05, 0.1) is 16.5 Å². The van der Waals surface area contributed by atoms with Gasteiger partial charge in [-0.25, -0.2) is 0 Å². The van der Waals surface area contributed by atoms with Crippen molar-refractivity contribution in [1.82, 2.24) is 15.1 Å². The summed E-state index contributed by atoms with van der Waals surface area (Å²) in [5.74, 6) is -0.0845. The number of amides is 1. The molecule has 7 heteroatoms. The Morgan fingerprint density at radius 3 is 3.13 bits per heavy atom. The van der Waals surface area contributed by atoms with Crippen molar-refractivity contribution in [3.63, 3.8) is 0 Å². The van der Waals surface area contributed by atoms with Crippen LogP contribution in [0.4, 0.5) is 5.69 Å². The molecule has 2 N–H and O–H groups in total. The first-order chi connectivity index (χ1) is 7.15. The second-order valence-corrected chi connectivity index (χ2v) is 4.85. The number of rotatable bonds is 2. The van der Waals surface area contributed by atoms with Crippen molar-refractivity contribution in [3.8, 4) is 0 Å². The summed E-state index contributed by atoms with van der Waals surface area (Å²) in [6, 6.07) is 0. The zero-order valence-electron chi connectivity index (χ0n) is 7.90. The molecule has 1 aromatic heterocycles. The molecular formula is C8H9BrN4OS. The average Bonchev–Trinajstić information content (AvgIpc) is 2.75. The number of carbonyl (C=O) groups excluding carboxylic acids is 1. The Balaban J connectivity index is 1.93. The lowest BCUT2D eigenvalue weighted by Crippen LogP contribution is -2.33. The first-order valence-electron chi connectivity index (χ1n) is 4.22. The maximum absolute atomic E-state index is 11.7. The number of aromatic nitrogens is 2. The summed E-state index contributed by atoms with van der Waals surface area (Å²) < 4.78 is 2.47. The third kappa shape index (κ3) is 2.54. The smallest absolute Gasteiger partial charge is 0.257 e. The quantitative estimate of drug-likeness (QED) is 0.804. The molecule has 1 atom stereocenters. The normalized spacial score (nSPS) is 19.6. The van der Waals surface area contributed by atoms with Crippen LogP contribution in [0, 0.1) is 0 Å². The Morgan fingerprint density at radius 2 is 2.60 bits per heavy atom. The van der Waals surface area contributed by atoms with Crippen LogP contribution in [0.3, 0.4) is 0 Å². The van der Waals surface area contributed by atoms with Gasteiger partial charge in [-0.2, -0.15) is 5.10 Å². The molecule has 0 aliphatic carbocycles. The van der Waals surface area contributed by atoms with Gasteiger partial charge in [0, 0.05) is 18.7 Å². The fourth-order valence-electron chi connectivity index (χ4n) is 1.14. The molecule has 80 valence electrons. The van der Waals surface area contributed by atoms with E-state index in [0.29, 0.717) is 5.69 Å². The van der Waals surface area contributed by atoms with E-state index in [4.69, 9.17) is 0 Å². The first kappa shape index (κ1) is 10.6. The summed E-state index contributed by atoms with van der Waals surface area (Å²) in [6.07, 6.45) is 3.36. The molecule has 0 bridgehead atoms. The zero-order chi connectivity index (χ0) is 10.8. The van der Waals surface area contributed by atoms with Gasteiger partial charge in [-0.3, -0.25) is 9.48 Å². The number of nitrogens with zero attached hydrogens (tertiary/aromatic N) is 2. The Kier molecular flexibility index (Phi) is 3.01. The summed E-state index contributed by atoms with van der Waals surface area (Å²) in [6.45, 7) is 0. The van der Waals surface area contributed by atoms with Crippen molar-refractivity contribution >= 4 is 39.3 Å². The van der Waals surface area contributed by atoms with E-state index in [1.165, 1.54) is 11.8 Å². The maximum Gasteiger partial charge on any atom is 0.257 e. The second-order valence-electron chi connectivity index (χ2n) is 3.02. The van der Waals surface area contributed by atoms with Crippen LogP contribution >= 0.6 is 27.7 Å². The van der Waals surface area contributed by atoms with Gasteiger partial charge in [-0.1, -0.05) is 11.8 Å². The second kappa shape index (κ2) is 4.28. The van der Waals surface area contributed by atoms with Gasteiger partial charge in [0.15, 0.2) is 5.37 Å². The highest BCUT2D eigenvalue weighted by Crippen LogP contribution is 2.24. The Hall–Kier alpha value is -0.950. The van der Waals surface area contributed by atoms with E-state index in [0.717, 1.165) is 4.61 Å². The Bertz CT molecular complexity index is 417. The molecule has 0 radical (unpaired) electrons. The van der Waals surface area contributed by atoms with E-state index >= 15 is 0 Å². The van der Waals surface area contributed by atoms with E-state index in [2.05, 4.69) is 31.7 Å². The van der Waals surface area contributed by atoms with E-state index in [1.54, 1.807) is 24.1 Å². The van der Waals surface area contributed by atoms with Gasteiger partial charge in [-0.05, 0) is 15.9 Å². The van der Waals surface area contributed by atoms with Crippen LogP contribution in [0.25, 0.3) is 0 Å². The maximum atomic E-state index is 11.7. The minimum absolute atomic E-state index is 0.0845. The lowest BCUT2D eigenvalue weighted by atomic mass is 10.5. The molecule has 2 rings (SSSR count). The summed E-state index contributed by atoms with van der Waals surface area (Å²) in [5, 5.41) is 11.3. The summed E-state index contributed by atoms with van der Waals surface area (Å²) in [5.41, 5.74) is 0.702. The largest absolute Gasteiger partial charge is 0.359 e. The molecular weight excluding hydrogens is 280 g/mol. The van der Waals surface area contributed by atoms with Crippen molar-refractivity contribution in [1.29, 1.82) is 0 Å². The van der Waals surface area contributed by atoms with Crippen molar-refractivity contribution in [2.45, 2.75) is 5.37 Å². The first-order valence-corrected chi connectivity index (χ1v) is 5.96. The van der Waals surface area contributed by atoms with Crippen LogP contribution < -0.4 is 10.6 Å². The molecule has 1 unspecified atom stereocenters. The van der Waals surface area contributed by atoms with Crippen molar-refractivity contribution in [3.05, 3.63) is 22.4 Å². The molecule has 1 amide bonds. The number of anilines is 1. The third-order valence-electron chi connectivity index (χ3n) is 1.79. The van der Waals surface area contributed by atoms with Crippen molar-refractivity contribution in [2.75, 3.05) is 5.32 Å². The molecule has 15 heavy (non-hydrogen) atoms. The van der Waals surface area contributed by atoms with Gasteiger partial charge in [0.1, 0.15) is 0 Å². The Labute approximate surface area is 99.4 Å². The van der Waals surface area contributed by atoms with E-state index in [-0.39, 0.29) is 11.3 Å². The van der Waals surface area contributed by atoms with Crippen LogP contribution in [0.15, 0.2) is 22.4 Å². The molecule has 5 nitrogen and oxygen atoms in total. The molecule has 1 aliphatic heterocycles. The van der Waals surface area contributed by atoms with Gasteiger partial charge in [0.25, 0.3) is 5.91 Å². The number of hydrogen-bond acceptors (Lipinski definition) is 4. The fourth-order valence-corrected chi connectivity index (χ4v) is 2.55. The van der Waals surface area contributed by atoms with Crippen LogP contribution in [0.5, 0.6) is 0 Å². The highest BCUT2D eigenvalue weighted by Gasteiger charge is 2.23. The fraction of sp³-hybridized carbons (Fsp3) is 0.250. The van der Waals surface area contributed by atoms with E-state index < -0.39 is 0 Å². The lowest BCUT2D eigenvalue weighted by molar-refractivity contribution is -0.116. The van der Waals surface area contributed by atoms with E-state index in [9.17, 15) is 4.79 Å². The number of halogens is 1. The standard InChI is InChI=1S/C8H9BrN4OS/c1-13-3-5(2-10-13)11-7(14)8-12-6(9)4-15-8/h2-4,8,12H,1H3,(H,11,14). The average molecular weight is 289 g/mol. The van der Waals surface area contributed by atoms with Crippen molar-refractivity contribution in [2.24, 2.45) is 7.05 Å². The topological polar surface area (TPSA) is 59.0 Å². The monoisotopic (exact) mass is 288 g/mol. The molecule has 1 aromatic rings. The summed E-state index contributed by atoms with van der Waals surface area (Å²) in [4.78, 5) is 11.7. The Morgan fingerprint density at radius 1 is 1.80 bits per heavy atom. The predicted molar refractivity (Wildman–Crippen MR) is 63.4 cm³/mol. The zero-order valence-corrected chi connectivity index (χ0v) is 10.3. The van der Waals surface area contributed by atoms with Crippen LogP contribution in [-0.4, -0.2) is 21.1 Å². The molecule has 0 fully saturated rings. The predicted octanol–water partition coefficient (Wildman–Crippen LogP) is 1.21. The number of aryl methyl sites for hydroxylation is 1. The molecule has 1 aliphatic rings. The number of nitrogens with one attached hydrogen (secondary N) is 2. The third-order valence-corrected chi connectivity index (χ3v) is 3.52.